The summed E-state index contributed by atoms with van der Waals surface area (Å²) < 4.78 is 18.5. The fraction of sp³-hybridized carbons (Fsp3) is 0.625. The Morgan fingerprint density at radius 2 is 2.06 bits per heavy atom. The van der Waals surface area contributed by atoms with E-state index in [1.165, 1.54) is 4.90 Å². The highest BCUT2D eigenvalue weighted by atomic mass is 16.6. The van der Waals surface area contributed by atoms with Gasteiger partial charge in [-0.15, -0.1) is 5.10 Å². The Labute approximate surface area is 205 Å². The van der Waals surface area contributed by atoms with Crippen LogP contribution in [0.4, 0.5) is 4.79 Å². The molecule has 35 heavy (non-hydrogen) atoms. The van der Waals surface area contributed by atoms with Crippen molar-refractivity contribution in [1.82, 2.24) is 24.9 Å². The topological polar surface area (TPSA) is 129 Å². The Kier molecular flexibility index (Phi) is 9.41. The average molecular weight is 490 g/mol. The summed E-state index contributed by atoms with van der Waals surface area (Å²) in [5, 5.41) is 17.6. The number of carbonyl (C=O) groups excluding carboxylic acids is 1. The lowest BCUT2D eigenvalue weighted by Gasteiger charge is -2.27. The van der Waals surface area contributed by atoms with Gasteiger partial charge in [0, 0.05) is 27.2 Å². The summed E-state index contributed by atoms with van der Waals surface area (Å²) in [4.78, 5) is 29.8. The van der Waals surface area contributed by atoms with Crippen LogP contribution in [0.1, 0.15) is 50.4 Å². The minimum atomic E-state index is -0.768. The van der Waals surface area contributed by atoms with E-state index in [0.717, 1.165) is 19.3 Å². The summed E-state index contributed by atoms with van der Waals surface area (Å²) in [6.45, 7) is 5.41. The molecule has 0 aliphatic heterocycles. The molecule has 0 radical (unpaired) electrons. The second-order valence-corrected chi connectivity index (χ2v) is 8.82. The van der Waals surface area contributed by atoms with Gasteiger partial charge >= 0.3 is 12.1 Å². The van der Waals surface area contributed by atoms with Gasteiger partial charge in [-0.1, -0.05) is 12.1 Å². The number of carbonyl (C=O) groups is 2. The zero-order valence-electron chi connectivity index (χ0n) is 20.9. The zero-order valence-corrected chi connectivity index (χ0v) is 20.9. The van der Waals surface area contributed by atoms with E-state index in [1.807, 2.05) is 19.9 Å². The van der Waals surface area contributed by atoms with E-state index in [2.05, 4.69) is 15.3 Å². The second-order valence-electron chi connectivity index (χ2n) is 8.82. The molecular formula is C24H35N5O6. The van der Waals surface area contributed by atoms with Crippen LogP contribution in [0.5, 0.6) is 5.75 Å². The minimum absolute atomic E-state index is 0.00451. The molecule has 1 N–H and O–H groups in total. The summed E-state index contributed by atoms with van der Waals surface area (Å²) in [6, 6.07) is 3.60. The summed E-state index contributed by atoms with van der Waals surface area (Å²) >= 11 is 0. The molecule has 1 saturated carbocycles. The lowest BCUT2D eigenvalue weighted by molar-refractivity contribution is -0.143. The quantitative estimate of drug-likeness (QED) is 0.473. The molecule has 1 amide bonds. The van der Waals surface area contributed by atoms with Crippen LogP contribution in [0, 0.1) is 12.8 Å². The SMILES string of the molecule is CCCOCCN(C)C(=O)OCc1c(-c2ccc(O[C@H]3CCC[C@H](C(=O)O)C3)c(C)n2)nnn1C. The molecule has 1 aliphatic carbocycles. The maximum Gasteiger partial charge on any atom is 0.409 e. The van der Waals surface area contributed by atoms with Gasteiger partial charge in [0.1, 0.15) is 23.7 Å². The maximum atomic E-state index is 12.3. The van der Waals surface area contributed by atoms with Crippen molar-refractivity contribution in [1.29, 1.82) is 0 Å². The predicted octanol–water partition coefficient (Wildman–Crippen LogP) is 3.20. The Morgan fingerprint density at radius 3 is 2.77 bits per heavy atom. The third-order valence-electron chi connectivity index (χ3n) is 6.06. The predicted molar refractivity (Wildman–Crippen MR) is 127 cm³/mol. The molecule has 2 aromatic rings. The van der Waals surface area contributed by atoms with Gasteiger partial charge in [0.15, 0.2) is 0 Å². The molecule has 0 unspecified atom stereocenters. The third-order valence-corrected chi connectivity index (χ3v) is 6.06. The molecule has 11 heteroatoms. The van der Waals surface area contributed by atoms with Crippen molar-refractivity contribution in [3.8, 4) is 17.1 Å². The number of carboxylic acid groups (broad SMARTS) is 1. The number of aromatic nitrogens is 4. The summed E-state index contributed by atoms with van der Waals surface area (Å²) in [6.07, 6.45) is 3.16. The number of rotatable bonds is 11. The molecule has 3 rings (SSSR count). The van der Waals surface area contributed by atoms with Gasteiger partial charge in [0.2, 0.25) is 0 Å². The summed E-state index contributed by atoms with van der Waals surface area (Å²) in [5.74, 6) is -0.516. The van der Waals surface area contributed by atoms with Gasteiger partial charge in [-0.3, -0.25) is 4.79 Å². The summed E-state index contributed by atoms with van der Waals surface area (Å²) in [7, 11) is 3.39. The van der Waals surface area contributed by atoms with Crippen LogP contribution in [0.15, 0.2) is 12.1 Å². The van der Waals surface area contributed by atoms with Crippen molar-refractivity contribution in [2.24, 2.45) is 13.0 Å². The first-order valence-corrected chi connectivity index (χ1v) is 12.0. The van der Waals surface area contributed by atoms with Gasteiger partial charge in [0.05, 0.1) is 30.0 Å². The molecular weight excluding hydrogens is 454 g/mol. The van der Waals surface area contributed by atoms with E-state index in [4.69, 9.17) is 14.2 Å². The molecule has 11 nitrogen and oxygen atoms in total. The van der Waals surface area contributed by atoms with Crippen LogP contribution < -0.4 is 4.74 Å². The second kappa shape index (κ2) is 12.5. The van der Waals surface area contributed by atoms with Crippen molar-refractivity contribution < 1.29 is 28.9 Å². The van der Waals surface area contributed by atoms with E-state index < -0.39 is 12.1 Å². The molecule has 0 spiro atoms. The van der Waals surface area contributed by atoms with Crippen LogP contribution in [0.2, 0.25) is 0 Å². The number of amides is 1. The molecule has 2 heterocycles. The first-order valence-electron chi connectivity index (χ1n) is 12.0. The molecule has 0 aromatic carbocycles. The molecule has 1 aliphatic rings. The van der Waals surface area contributed by atoms with Gasteiger partial charge < -0.3 is 24.2 Å². The van der Waals surface area contributed by atoms with Gasteiger partial charge in [-0.2, -0.15) is 0 Å². The smallest absolute Gasteiger partial charge is 0.409 e. The Hall–Kier alpha value is -3.21. The zero-order chi connectivity index (χ0) is 25.4. The van der Waals surface area contributed by atoms with Crippen molar-refractivity contribution in [3.05, 3.63) is 23.5 Å². The molecule has 2 atom stereocenters. The number of likely N-dealkylation sites (N-methyl/N-ethyl adjacent to an activating group) is 1. The standard InChI is InChI=1S/C24H35N5O6/c1-5-12-33-13-11-28(3)24(32)34-15-20-22(26-27-29(20)4)19-9-10-21(16(2)25-19)35-18-8-6-7-17(14-18)23(30)31/h9-10,17-18H,5-8,11-15H2,1-4H3,(H,30,31)/t17-,18-/m0/s1. The molecule has 2 aromatic heterocycles. The van der Waals surface area contributed by atoms with Crippen LogP contribution in [-0.4, -0.2) is 75.0 Å². The molecule has 0 bridgehead atoms. The van der Waals surface area contributed by atoms with E-state index >= 15 is 0 Å². The fourth-order valence-electron chi connectivity index (χ4n) is 3.98. The lowest BCUT2D eigenvalue weighted by Crippen LogP contribution is -2.31. The number of ether oxygens (including phenoxy) is 3. The number of carboxylic acids is 1. The Morgan fingerprint density at radius 1 is 1.26 bits per heavy atom. The van der Waals surface area contributed by atoms with Crippen molar-refractivity contribution in [3.63, 3.8) is 0 Å². The Bertz CT molecular complexity index is 1010. The van der Waals surface area contributed by atoms with Crippen LogP contribution in [0.25, 0.3) is 11.4 Å². The number of aryl methyl sites for hydroxylation is 2. The van der Waals surface area contributed by atoms with E-state index in [9.17, 15) is 14.7 Å². The van der Waals surface area contributed by atoms with Gasteiger partial charge in [-0.25, -0.2) is 14.5 Å². The number of hydrogen-bond acceptors (Lipinski definition) is 8. The third kappa shape index (κ3) is 7.14. The van der Waals surface area contributed by atoms with E-state index in [1.54, 1.807) is 24.8 Å². The van der Waals surface area contributed by atoms with Crippen LogP contribution in [0.3, 0.4) is 0 Å². The highest BCUT2D eigenvalue weighted by Gasteiger charge is 2.28. The van der Waals surface area contributed by atoms with Crippen LogP contribution in [-0.2, 0) is 27.9 Å². The first kappa shape index (κ1) is 26.4. The maximum absolute atomic E-state index is 12.3. The highest BCUT2D eigenvalue weighted by molar-refractivity contribution is 5.70. The van der Waals surface area contributed by atoms with Crippen LogP contribution >= 0.6 is 0 Å². The minimum Gasteiger partial charge on any atom is -0.489 e. The summed E-state index contributed by atoms with van der Waals surface area (Å²) in [5.41, 5.74) is 2.39. The van der Waals surface area contributed by atoms with Crippen molar-refractivity contribution in [2.45, 2.75) is 58.7 Å². The average Bonchev–Trinajstić information content (AvgIpc) is 3.21. The number of hydrogen-bond donors (Lipinski definition) is 1. The van der Waals surface area contributed by atoms with Crippen molar-refractivity contribution in [2.75, 3.05) is 26.8 Å². The molecule has 192 valence electrons. The fourth-order valence-corrected chi connectivity index (χ4v) is 3.98. The highest BCUT2D eigenvalue weighted by Crippen LogP contribution is 2.30. The van der Waals surface area contributed by atoms with E-state index in [0.29, 0.717) is 61.1 Å². The van der Waals surface area contributed by atoms with Gasteiger partial charge in [0.25, 0.3) is 0 Å². The number of nitrogens with zero attached hydrogens (tertiary/aromatic N) is 5. The first-order chi connectivity index (χ1) is 16.8. The van der Waals surface area contributed by atoms with Crippen molar-refractivity contribution >= 4 is 12.1 Å². The van der Waals surface area contributed by atoms with E-state index in [-0.39, 0.29) is 18.6 Å². The van der Waals surface area contributed by atoms with Gasteiger partial charge in [-0.05, 0) is 51.2 Å². The number of aliphatic carboxylic acids is 1. The Balaban J connectivity index is 1.63. The number of pyridine rings is 1. The molecule has 1 fully saturated rings. The lowest BCUT2D eigenvalue weighted by atomic mass is 9.87. The molecule has 0 saturated heterocycles. The largest absolute Gasteiger partial charge is 0.489 e. The monoisotopic (exact) mass is 489 g/mol. The normalized spacial score (nSPS) is 17.7.